The Balaban J connectivity index is 0.00000171. The van der Waals surface area contributed by atoms with Crippen molar-refractivity contribution in [3.05, 3.63) is 48.6 Å². The van der Waals surface area contributed by atoms with Crippen LogP contribution in [0.15, 0.2) is 43.0 Å². The summed E-state index contributed by atoms with van der Waals surface area (Å²) in [4.78, 5) is 46.4. The highest BCUT2D eigenvalue weighted by molar-refractivity contribution is 5.84. The molecule has 5 aliphatic carbocycles. The number of carbonyl (C=O) groups is 3. The number of fused-ring (bicyclic) bond motifs is 7. The van der Waals surface area contributed by atoms with Crippen molar-refractivity contribution in [2.24, 2.45) is 63.1 Å². The number of hydrogen-bond acceptors (Lipinski definition) is 6. The first-order valence-electron chi connectivity index (χ1n) is 24.2. The lowest BCUT2D eigenvalue weighted by atomic mass is 9.36. The lowest BCUT2D eigenvalue weighted by Gasteiger charge is -2.69. The zero-order valence-corrected chi connectivity index (χ0v) is 38.2. The van der Waals surface area contributed by atoms with Crippen LogP contribution in [0, 0.1) is 63.1 Å². The largest absolute Gasteiger partial charge is 0.462 e. The van der Waals surface area contributed by atoms with Crippen molar-refractivity contribution in [3.63, 3.8) is 0 Å². The molecule has 59 heavy (non-hydrogen) atoms. The summed E-state index contributed by atoms with van der Waals surface area (Å²) in [6.07, 6.45) is 20.0. The van der Waals surface area contributed by atoms with Crippen LogP contribution in [0.25, 0.3) is 0 Å². The maximum absolute atomic E-state index is 14.9. The van der Waals surface area contributed by atoms with Crippen LogP contribution in [0.5, 0.6) is 0 Å². The van der Waals surface area contributed by atoms with E-state index >= 15 is 0 Å². The topological polar surface area (TPSA) is 76.2 Å². The number of amides is 1. The van der Waals surface area contributed by atoms with Crippen molar-refractivity contribution in [1.29, 1.82) is 0 Å². The van der Waals surface area contributed by atoms with Crippen LogP contribution in [0.4, 0.5) is 0 Å². The van der Waals surface area contributed by atoms with Crippen LogP contribution >= 0.6 is 0 Å². The molecule has 7 heteroatoms. The zero-order valence-electron chi connectivity index (χ0n) is 38.2. The molecule has 2 aliphatic heterocycles. The lowest BCUT2D eigenvalue weighted by Crippen LogP contribution is -2.64. The summed E-state index contributed by atoms with van der Waals surface area (Å²) >= 11 is 0. The first-order chi connectivity index (χ1) is 28.2. The standard InChI is InChI=1S/C49H74N2O5.C3H6/c1-33(43(52)55-32-35-14-8-7-9-15-35)30-34(2)44(53)56-42-22-25-48(6)40(46(42,3)4)21-24-47(5)38-20-26-49(23-12-17-39(49)37(38)18-19-41(47)48)45(54)51-29-13-16-36(51)31-50-27-10-11-28-50;1-3-2/h7-9,14-15,33-34,36-42H,10-13,16-32H2,1-6H3;3H,1H2,2H3. The van der Waals surface area contributed by atoms with Crippen LogP contribution in [-0.4, -0.2) is 66.0 Å². The van der Waals surface area contributed by atoms with E-state index in [0.29, 0.717) is 53.4 Å². The van der Waals surface area contributed by atoms with Gasteiger partial charge in [-0.15, -0.1) is 6.58 Å². The van der Waals surface area contributed by atoms with Crippen molar-refractivity contribution < 1.29 is 23.9 Å². The molecule has 1 amide bonds. The Bertz CT molecular complexity index is 1640. The minimum atomic E-state index is -0.376. The highest BCUT2D eigenvalue weighted by Gasteiger charge is 2.68. The molecule has 2 saturated heterocycles. The van der Waals surface area contributed by atoms with E-state index in [0.717, 1.165) is 44.3 Å². The van der Waals surface area contributed by atoms with E-state index < -0.39 is 0 Å². The first kappa shape index (κ1) is 44.4. The molecule has 1 aromatic carbocycles. The Morgan fingerprint density at radius 3 is 2.19 bits per heavy atom. The number of carbonyl (C=O) groups excluding carboxylic acids is 3. The molecule has 12 atom stereocenters. The number of likely N-dealkylation sites (tertiary alicyclic amines) is 2. The van der Waals surface area contributed by atoms with E-state index in [2.05, 4.69) is 44.1 Å². The Hall–Kier alpha value is -2.67. The van der Waals surface area contributed by atoms with Gasteiger partial charge in [0.2, 0.25) is 5.91 Å². The predicted molar refractivity (Wildman–Crippen MR) is 236 cm³/mol. The SMILES string of the molecule is C=CC.CC(CC(C)C(=O)OC1CCC2(C)C(CCC3(C)C4CCC5(C(=O)N6CCCC6CN6CCCC6)CCCC5C4CCC32)C1(C)C)C(=O)OCc1ccccc1. The van der Waals surface area contributed by atoms with Gasteiger partial charge in [0.15, 0.2) is 0 Å². The summed E-state index contributed by atoms with van der Waals surface area (Å²) in [6.45, 7) is 23.8. The van der Waals surface area contributed by atoms with Crippen LogP contribution in [-0.2, 0) is 30.5 Å². The molecule has 0 bridgehead atoms. The third kappa shape index (κ3) is 8.34. The fraction of sp³-hybridized carbons (Fsp3) is 0.788. The quantitative estimate of drug-likeness (QED) is 0.173. The molecule has 0 N–H and O–H groups in total. The van der Waals surface area contributed by atoms with Gasteiger partial charge in [-0.1, -0.05) is 84.4 Å². The molecule has 0 spiro atoms. The van der Waals surface area contributed by atoms with E-state index in [1.165, 1.54) is 83.7 Å². The second-order valence-corrected chi connectivity index (χ2v) is 21.8. The summed E-state index contributed by atoms with van der Waals surface area (Å²) in [5.74, 6) is 2.49. The number of rotatable bonds is 10. The average Bonchev–Trinajstić information content (AvgIpc) is 4.01. The summed E-state index contributed by atoms with van der Waals surface area (Å²) in [7, 11) is 0. The van der Waals surface area contributed by atoms with E-state index in [1.807, 2.05) is 51.1 Å². The molecular formula is C52H80N2O5. The van der Waals surface area contributed by atoms with Crippen molar-refractivity contribution in [3.8, 4) is 0 Å². The van der Waals surface area contributed by atoms with Crippen LogP contribution < -0.4 is 0 Å². The van der Waals surface area contributed by atoms with Gasteiger partial charge in [-0.3, -0.25) is 14.4 Å². The summed E-state index contributed by atoms with van der Waals surface area (Å²) in [5, 5.41) is 0. The molecular weight excluding hydrogens is 733 g/mol. The van der Waals surface area contributed by atoms with E-state index in [9.17, 15) is 14.4 Å². The van der Waals surface area contributed by atoms with Gasteiger partial charge in [-0.05, 0) is 162 Å². The van der Waals surface area contributed by atoms with Crippen LogP contribution in [0.3, 0.4) is 0 Å². The highest BCUT2D eigenvalue weighted by atomic mass is 16.5. The smallest absolute Gasteiger partial charge is 0.309 e. The fourth-order valence-electron chi connectivity index (χ4n) is 15.5. The number of allylic oxidation sites excluding steroid dienone is 1. The van der Waals surface area contributed by atoms with Crippen molar-refractivity contribution in [2.75, 3.05) is 26.2 Å². The van der Waals surface area contributed by atoms with Crippen molar-refractivity contribution in [2.45, 2.75) is 170 Å². The molecule has 8 rings (SSSR count). The van der Waals surface area contributed by atoms with Crippen molar-refractivity contribution >= 4 is 17.8 Å². The number of hydrogen-bond donors (Lipinski definition) is 0. The normalized spacial score (nSPS) is 38.3. The van der Waals surface area contributed by atoms with Gasteiger partial charge in [0.1, 0.15) is 12.7 Å². The molecule has 0 radical (unpaired) electrons. The van der Waals surface area contributed by atoms with Gasteiger partial charge in [-0.25, -0.2) is 0 Å². The van der Waals surface area contributed by atoms with E-state index in [-0.39, 0.29) is 52.7 Å². The molecule has 7 nitrogen and oxygen atoms in total. The highest BCUT2D eigenvalue weighted by Crippen LogP contribution is 2.73. The molecule has 12 unspecified atom stereocenters. The molecule has 7 fully saturated rings. The fourth-order valence-corrected chi connectivity index (χ4v) is 15.5. The minimum Gasteiger partial charge on any atom is -0.462 e. The minimum absolute atomic E-state index is 0.111. The zero-order chi connectivity index (χ0) is 42.2. The van der Waals surface area contributed by atoms with Gasteiger partial charge in [0.25, 0.3) is 0 Å². The molecule has 1 aromatic rings. The Labute approximate surface area is 358 Å². The third-order valence-electron chi connectivity index (χ3n) is 18.2. The van der Waals surface area contributed by atoms with Gasteiger partial charge < -0.3 is 19.3 Å². The second-order valence-electron chi connectivity index (χ2n) is 21.8. The van der Waals surface area contributed by atoms with E-state index in [1.54, 1.807) is 6.08 Å². The third-order valence-corrected chi connectivity index (χ3v) is 18.2. The van der Waals surface area contributed by atoms with Gasteiger partial charge in [-0.2, -0.15) is 0 Å². The molecule has 7 aliphatic rings. The lowest BCUT2D eigenvalue weighted by molar-refractivity contribution is -0.223. The second kappa shape index (κ2) is 18.0. The van der Waals surface area contributed by atoms with Gasteiger partial charge >= 0.3 is 11.9 Å². The van der Waals surface area contributed by atoms with E-state index in [4.69, 9.17) is 9.47 Å². The van der Waals surface area contributed by atoms with Gasteiger partial charge in [0.05, 0.1) is 17.3 Å². The average molecular weight is 813 g/mol. The Morgan fingerprint density at radius 2 is 1.46 bits per heavy atom. The molecule has 5 saturated carbocycles. The number of esters is 2. The number of benzene rings is 1. The number of ether oxygens (including phenoxy) is 2. The summed E-state index contributed by atoms with van der Waals surface area (Å²) in [6, 6.07) is 10.2. The monoisotopic (exact) mass is 813 g/mol. The Morgan fingerprint density at radius 1 is 0.763 bits per heavy atom. The summed E-state index contributed by atoms with van der Waals surface area (Å²) < 4.78 is 12.0. The van der Waals surface area contributed by atoms with Gasteiger partial charge in [0, 0.05) is 24.5 Å². The first-order valence-corrected chi connectivity index (χ1v) is 24.2. The van der Waals surface area contributed by atoms with Crippen molar-refractivity contribution in [1.82, 2.24) is 9.80 Å². The maximum Gasteiger partial charge on any atom is 0.309 e. The predicted octanol–water partition coefficient (Wildman–Crippen LogP) is 11.0. The van der Waals surface area contributed by atoms with Crippen LogP contribution in [0.2, 0.25) is 0 Å². The number of nitrogens with zero attached hydrogens (tertiary/aromatic N) is 2. The molecule has 2 heterocycles. The maximum atomic E-state index is 14.9. The Kier molecular flexibility index (Phi) is 13.5. The van der Waals surface area contributed by atoms with Crippen LogP contribution in [0.1, 0.15) is 157 Å². The molecule has 328 valence electrons. The molecule has 0 aromatic heterocycles. The summed E-state index contributed by atoms with van der Waals surface area (Å²) in [5.41, 5.74) is 1.24.